The number of ether oxygens (including phenoxy) is 2. The second-order valence-electron chi connectivity index (χ2n) is 4.44. The lowest BCUT2D eigenvalue weighted by molar-refractivity contribution is -0.122. The predicted octanol–water partition coefficient (Wildman–Crippen LogP) is 3.37. The van der Waals surface area contributed by atoms with Gasteiger partial charge in [-0.1, -0.05) is 5.92 Å². The molecule has 0 radical (unpaired) electrons. The van der Waals surface area contributed by atoms with Crippen molar-refractivity contribution in [2.24, 2.45) is 0 Å². The maximum absolute atomic E-state index is 12.2. The largest absolute Gasteiger partial charge is 0.492 e. The fourth-order valence-electron chi connectivity index (χ4n) is 2.01. The molecule has 2 rings (SSSR count). The SMILES string of the molecule is C#CCN1C(=O)S/C(=C/c2cc(I)c(OC)c(OCC)c2)C1=O. The fourth-order valence-corrected chi connectivity index (χ4v) is 3.70. The standard InChI is InChI=1S/C16H14INO4S/c1-4-6-18-15(19)13(23-16(18)20)9-10-7-11(17)14(21-3)12(8-10)22-5-2/h1,7-9H,5-6H2,2-3H3/b13-9+. The van der Waals surface area contributed by atoms with Gasteiger partial charge in [0.15, 0.2) is 11.5 Å². The van der Waals surface area contributed by atoms with Crippen LogP contribution in [0.4, 0.5) is 4.79 Å². The van der Waals surface area contributed by atoms with Gasteiger partial charge in [0, 0.05) is 0 Å². The second-order valence-corrected chi connectivity index (χ2v) is 6.59. The zero-order valence-electron chi connectivity index (χ0n) is 12.6. The molecule has 1 aliphatic heterocycles. The van der Waals surface area contributed by atoms with Gasteiger partial charge in [-0.2, -0.15) is 0 Å². The molecular formula is C16H14INO4S. The van der Waals surface area contributed by atoms with Crippen molar-refractivity contribution in [3.63, 3.8) is 0 Å². The van der Waals surface area contributed by atoms with E-state index in [1.165, 1.54) is 0 Å². The van der Waals surface area contributed by atoms with Crippen LogP contribution in [0.2, 0.25) is 0 Å². The number of methoxy groups -OCH3 is 1. The lowest BCUT2D eigenvalue weighted by atomic mass is 10.2. The normalized spacial score (nSPS) is 15.9. The maximum Gasteiger partial charge on any atom is 0.294 e. The van der Waals surface area contributed by atoms with Crippen LogP contribution in [0.5, 0.6) is 11.5 Å². The van der Waals surface area contributed by atoms with Crippen molar-refractivity contribution in [3.05, 3.63) is 26.2 Å². The lowest BCUT2D eigenvalue weighted by Gasteiger charge is -2.12. The fraction of sp³-hybridized carbons (Fsp3) is 0.250. The van der Waals surface area contributed by atoms with Crippen molar-refractivity contribution in [2.75, 3.05) is 20.3 Å². The Labute approximate surface area is 152 Å². The van der Waals surface area contributed by atoms with Crippen LogP contribution in [0.15, 0.2) is 17.0 Å². The summed E-state index contributed by atoms with van der Waals surface area (Å²) in [5, 5.41) is -0.354. The Balaban J connectivity index is 2.38. The average molecular weight is 443 g/mol. The summed E-state index contributed by atoms with van der Waals surface area (Å²) in [5.74, 6) is 3.17. The van der Waals surface area contributed by atoms with Gasteiger partial charge in [-0.3, -0.25) is 14.5 Å². The highest BCUT2D eigenvalue weighted by atomic mass is 127. The number of carbonyl (C=O) groups excluding carboxylic acids is 2. The van der Waals surface area contributed by atoms with E-state index in [0.29, 0.717) is 23.0 Å². The van der Waals surface area contributed by atoms with Gasteiger partial charge in [0.25, 0.3) is 11.1 Å². The number of carbonyl (C=O) groups is 2. The Hall–Kier alpha value is -1.66. The molecule has 0 spiro atoms. The molecule has 2 amide bonds. The van der Waals surface area contributed by atoms with Crippen LogP contribution in [0.1, 0.15) is 12.5 Å². The van der Waals surface area contributed by atoms with Crippen LogP contribution >= 0.6 is 34.4 Å². The molecule has 1 aromatic rings. The van der Waals surface area contributed by atoms with Crippen molar-refractivity contribution in [1.82, 2.24) is 4.90 Å². The first-order valence-electron chi connectivity index (χ1n) is 6.71. The van der Waals surface area contributed by atoms with E-state index in [0.717, 1.165) is 25.8 Å². The van der Waals surface area contributed by atoms with E-state index < -0.39 is 0 Å². The molecule has 1 saturated heterocycles. The number of rotatable bonds is 5. The molecule has 5 nitrogen and oxygen atoms in total. The van der Waals surface area contributed by atoms with Gasteiger partial charge < -0.3 is 9.47 Å². The predicted molar refractivity (Wildman–Crippen MR) is 98.4 cm³/mol. The molecular weight excluding hydrogens is 429 g/mol. The van der Waals surface area contributed by atoms with E-state index in [4.69, 9.17) is 15.9 Å². The summed E-state index contributed by atoms with van der Waals surface area (Å²) in [4.78, 5) is 25.4. The zero-order valence-corrected chi connectivity index (χ0v) is 15.6. The number of terminal acetylenes is 1. The molecule has 1 aromatic carbocycles. The molecule has 0 N–H and O–H groups in total. The van der Waals surface area contributed by atoms with E-state index >= 15 is 0 Å². The Morgan fingerprint density at radius 2 is 2.17 bits per heavy atom. The Morgan fingerprint density at radius 3 is 2.78 bits per heavy atom. The lowest BCUT2D eigenvalue weighted by Crippen LogP contribution is -2.28. The highest BCUT2D eigenvalue weighted by Gasteiger charge is 2.34. The topological polar surface area (TPSA) is 55.8 Å². The molecule has 1 fully saturated rings. The number of thioether (sulfide) groups is 1. The molecule has 0 aliphatic carbocycles. The number of nitrogens with zero attached hydrogens (tertiary/aromatic N) is 1. The zero-order chi connectivity index (χ0) is 17.0. The van der Waals surface area contributed by atoms with Crippen LogP contribution < -0.4 is 9.47 Å². The molecule has 0 saturated carbocycles. The minimum atomic E-state index is -0.373. The molecule has 0 atom stereocenters. The molecule has 23 heavy (non-hydrogen) atoms. The summed E-state index contributed by atoms with van der Waals surface area (Å²) in [7, 11) is 1.57. The molecule has 0 aromatic heterocycles. The minimum absolute atomic E-state index is 0.0215. The molecule has 1 heterocycles. The Morgan fingerprint density at radius 1 is 1.43 bits per heavy atom. The molecule has 0 unspecified atom stereocenters. The van der Waals surface area contributed by atoms with E-state index in [1.807, 2.05) is 13.0 Å². The van der Waals surface area contributed by atoms with Crippen LogP contribution in [-0.2, 0) is 4.79 Å². The first-order valence-corrected chi connectivity index (χ1v) is 8.60. The van der Waals surface area contributed by atoms with E-state index in [1.54, 1.807) is 19.3 Å². The van der Waals surface area contributed by atoms with Crippen molar-refractivity contribution in [3.8, 4) is 23.8 Å². The summed E-state index contributed by atoms with van der Waals surface area (Å²) >= 11 is 3.01. The van der Waals surface area contributed by atoms with Gasteiger partial charge in [-0.05, 0) is 65.0 Å². The number of amides is 2. The first kappa shape index (κ1) is 17.7. The minimum Gasteiger partial charge on any atom is -0.492 e. The van der Waals surface area contributed by atoms with Crippen molar-refractivity contribution in [1.29, 1.82) is 0 Å². The van der Waals surface area contributed by atoms with Crippen molar-refractivity contribution < 1.29 is 19.1 Å². The van der Waals surface area contributed by atoms with Gasteiger partial charge >= 0.3 is 0 Å². The van der Waals surface area contributed by atoms with Crippen LogP contribution in [0, 0.1) is 15.9 Å². The van der Waals surface area contributed by atoms with E-state index in [-0.39, 0.29) is 17.7 Å². The number of benzene rings is 1. The summed E-state index contributed by atoms with van der Waals surface area (Å²) in [6.45, 7) is 2.35. The summed E-state index contributed by atoms with van der Waals surface area (Å²) in [5.41, 5.74) is 0.754. The summed E-state index contributed by atoms with van der Waals surface area (Å²) in [6.07, 6.45) is 6.84. The third kappa shape index (κ3) is 3.82. The third-order valence-electron chi connectivity index (χ3n) is 2.96. The number of imide groups is 1. The van der Waals surface area contributed by atoms with E-state index in [9.17, 15) is 9.59 Å². The number of hydrogen-bond donors (Lipinski definition) is 0. The van der Waals surface area contributed by atoms with Crippen LogP contribution in [0.25, 0.3) is 6.08 Å². The summed E-state index contributed by atoms with van der Waals surface area (Å²) in [6, 6.07) is 3.64. The van der Waals surface area contributed by atoms with Gasteiger partial charge in [0.2, 0.25) is 0 Å². The molecule has 1 aliphatic rings. The molecule has 0 bridgehead atoms. The number of halogens is 1. The first-order chi connectivity index (χ1) is 11.0. The number of hydrogen-bond acceptors (Lipinski definition) is 5. The monoisotopic (exact) mass is 443 g/mol. The highest BCUT2D eigenvalue weighted by Crippen LogP contribution is 2.37. The Bertz CT molecular complexity index is 724. The highest BCUT2D eigenvalue weighted by molar-refractivity contribution is 14.1. The third-order valence-corrected chi connectivity index (χ3v) is 4.67. The smallest absolute Gasteiger partial charge is 0.294 e. The molecule has 120 valence electrons. The van der Waals surface area contributed by atoms with Gasteiger partial charge in [-0.25, -0.2) is 0 Å². The quantitative estimate of drug-likeness (QED) is 0.397. The Kier molecular flexibility index (Phi) is 5.96. The van der Waals surface area contributed by atoms with Crippen LogP contribution in [0.3, 0.4) is 0 Å². The second kappa shape index (κ2) is 7.75. The van der Waals surface area contributed by atoms with Gasteiger partial charge in [0.05, 0.1) is 28.7 Å². The van der Waals surface area contributed by atoms with Gasteiger partial charge in [-0.15, -0.1) is 6.42 Å². The van der Waals surface area contributed by atoms with Crippen molar-refractivity contribution in [2.45, 2.75) is 6.92 Å². The maximum atomic E-state index is 12.2. The van der Waals surface area contributed by atoms with Crippen molar-refractivity contribution >= 4 is 51.6 Å². The summed E-state index contributed by atoms with van der Waals surface area (Å²) < 4.78 is 11.7. The van der Waals surface area contributed by atoms with E-state index in [2.05, 4.69) is 28.5 Å². The molecule has 7 heteroatoms. The van der Waals surface area contributed by atoms with Crippen LogP contribution in [-0.4, -0.2) is 36.3 Å². The van der Waals surface area contributed by atoms with Gasteiger partial charge in [0.1, 0.15) is 0 Å². The average Bonchev–Trinajstić information content (AvgIpc) is 2.75.